The smallest absolute Gasteiger partial charge is 0.196 e. The van der Waals surface area contributed by atoms with E-state index in [1.807, 2.05) is 0 Å². The van der Waals surface area contributed by atoms with Gasteiger partial charge in [0.15, 0.2) is 23.3 Å². The molecule has 1 N–H and O–H groups in total. The van der Waals surface area contributed by atoms with Crippen LogP contribution in [-0.4, -0.2) is 27.3 Å². The van der Waals surface area contributed by atoms with Crippen molar-refractivity contribution in [3.05, 3.63) is 35.4 Å². The Hall–Kier alpha value is -1.96. The minimum atomic E-state index is -1.55. The van der Waals surface area contributed by atoms with E-state index >= 15 is 0 Å². The number of hydrogen-bond acceptors (Lipinski definition) is 4. The van der Waals surface area contributed by atoms with Crippen LogP contribution in [0, 0.1) is 17.5 Å². The van der Waals surface area contributed by atoms with Gasteiger partial charge in [0.25, 0.3) is 0 Å². The predicted octanol–water partition coefficient (Wildman–Crippen LogP) is 1.36. The molecule has 0 aliphatic carbocycles. The van der Waals surface area contributed by atoms with Gasteiger partial charge in [0.2, 0.25) is 0 Å². The molecular formula is C10H10F3N5. The monoisotopic (exact) mass is 257 g/mol. The van der Waals surface area contributed by atoms with Crippen molar-refractivity contribution in [2.45, 2.75) is 13.0 Å². The summed E-state index contributed by atoms with van der Waals surface area (Å²) in [4.78, 5) is 0. The van der Waals surface area contributed by atoms with Gasteiger partial charge in [-0.15, -0.1) is 5.10 Å². The van der Waals surface area contributed by atoms with E-state index in [0.717, 1.165) is 16.8 Å². The van der Waals surface area contributed by atoms with E-state index in [1.54, 1.807) is 14.0 Å². The number of tetrazole rings is 1. The first-order chi connectivity index (χ1) is 8.56. The third-order valence-electron chi connectivity index (χ3n) is 2.56. The van der Waals surface area contributed by atoms with Crippen LogP contribution in [0.25, 0.3) is 5.69 Å². The normalized spacial score (nSPS) is 12.7. The highest BCUT2D eigenvalue weighted by Gasteiger charge is 2.20. The van der Waals surface area contributed by atoms with Gasteiger partial charge < -0.3 is 5.32 Å². The Morgan fingerprint density at radius 2 is 1.94 bits per heavy atom. The fourth-order valence-electron chi connectivity index (χ4n) is 1.44. The first-order valence-electron chi connectivity index (χ1n) is 5.15. The van der Waals surface area contributed by atoms with Crippen LogP contribution in [-0.2, 0) is 0 Å². The van der Waals surface area contributed by atoms with Gasteiger partial charge in [0, 0.05) is 0 Å². The Labute approximate surface area is 101 Å². The first kappa shape index (κ1) is 12.5. The van der Waals surface area contributed by atoms with Crippen molar-refractivity contribution < 1.29 is 13.2 Å². The van der Waals surface area contributed by atoms with E-state index in [-0.39, 0.29) is 11.7 Å². The van der Waals surface area contributed by atoms with Crippen molar-refractivity contribution in [3.63, 3.8) is 0 Å². The van der Waals surface area contributed by atoms with E-state index < -0.39 is 17.5 Å². The van der Waals surface area contributed by atoms with E-state index in [2.05, 4.69) is 20.8 Å². The molecule has 1 heterocycles. The Morgan fingerprint density at radius 1 is 1.22 bits per heavy atom. The van der Waals surface area contributed by atoms with Crippen molar-refractivity contribution in [2.24, 2.45) is 0 Å². The number of rotatable bonds is 3. The minimum absolute atomic E-state index is 0.240. The Bertz CT molecular complexity index is 569. The van der Waals surface area contributed by atoms with Crippen molar-refractivity contribution in [3.8, 4) is 5.69 Å². The number of benzene rings is 1. The van der Waals surface area contributed by atoms with Crippen LogP contribution in [0.15, 0.2) is 12.1 Å². The summed E-state index contributed by atoms with van der Waals surface area (Å²) in [6.45, 7) is 1.75. The lowest BCUT2D eigenvalue weighted by atomic mass is 10.2. The molecule has 0 saturated heterocycles. The topological polar surface area (TPSA) is 55.6 Å². The summed E-state index contributed by atoms with van der Waals surface area (Å²) >= 11 is 0. The molecule has 0 spiro atoms. The third-order valence-corrected chi connectivity index (χ3v) is 2.56. The second-order valence-electron chi connectivity index (χ2n) is 3.65. The average Bonchev–Trinajstić information content (AvgIpc) is 2.84. The molecule has 0 aliphatic rings. The van der Waals surface area contributed by atoms with Gasteiger partial charge in [-0.25, -0.2) is 13.2 Å². The summed E-state index contributed by atoms with van der Waals surface area (Å²) in [5.74, 6) is -3.84. The molecule has 1 aromatic heterocycles. The van der Waals surface area contributed by atoms with Crippen LogP contribution in [0.4, 0.5) is 13.2 Å². The zero-order chi connectivity index (χ0) is 13.3. The molecule has 18 heavy (non-hydrogen) atoms. The minimum Gasteiger partial charge on any atom is -0.311 e. The standard InChI is InChI=1S/C10H10F3N5/c1-5(14-2)10-15-16-17-18(10)7-4-3-6(11)8(12)9(7)13/h3-5,14H,1-2H3. The molecule has 0 bridgehead atoms. The molecule has 0 fully saturated rings. The maximum absolute atomic E-state index is 13.6. The second kappa shape index (κ2) is 4.73. The van der Waals surface area contributed by atoms with E-state index in [4.69, 9.17) is 0 Å². The van der Waals surface area contributed by atoms with Crippen LogP contribution >= 0.6 is 0 Å². The lowest BCUT2D eigenvalue weighted by molar-refractivity contribution is 0.441. The zero-order valence-electron chi connectivity index (χ0n) is 9.65. The third kappa shape index (κ3) is 1.94. The van der Waals surface area contributed by atoms with Gasteiger partial charge in [-0.2, -0.15) is 4.68 Å². The summed E-state index contributed by atoms with van der Waals surface area (Å²) in [6, 6.07) is 1.63. The molecule has 8 heteroatoms. The van der Waals surface area contributed by atoms with Gasteiger partial charge in [0.1, 0.15) is 5.69 Å². The lowest BCUT2D eigenvalue weighted by Gasteiger charge is -2.11. The number of hydrogen-bond donors (Lipinski definition) is 1. The SMILES string of the molecule is CNC(C)c1nnnn1-c1ccc(F)c(F)c1F. The van der Waals surface area contributed by atoms with E-state index in [0.29, 0.717) is 5.82 Å². The van der Waals surface area contributed by atoms with Crippen molar-refractivity contribution in [1.29, 1.82) is 0 Å². The van der Waals surface area contributed by atoms with Gasteiger partial charge in [-0.1, -0.05) is 0 Å². The molecule has 1 aromatic carbocycles. The highest BCUT2D eigenvalue weighted by Crippen LogP contribution is 2.20. The largest absolute Gasteiger partial charge is 0.311 e. The summed E-state index contributed by atoms with van der Waals surface area (Å²) < 4.78 is 40.6. The molecule has 1 atom stereocenters. The van der Waals surface area contributed by atoms with Gasteiger partial charge in [-0.3, -0.25) is 0 Å². The number of aromatic nitrogens is 4. The second-order valence-corrected chi connectivity index (χ2v) is 3.65. The maximum atomic E-state index is 13.6. The highest BCUT2D eigenvalue weighted by molar-refractivity contribution is 5.34. The quantitative estimate of drug-likeness (QED) is 0.843. The van der Waals surface area contributed by atoms with Crippen LogP contribution in [0.2, 0.25) is 0 Å². The first-order valence-corrected chi connectivity index (χ1v) is 5.15. The lowest BCUT2D eigenvalue weighted by Crippen LogP contribution is -2.18. The van der Waals surface area contributed by atoms with Crippen LogP contribution in [0.3, 0.4) is 0 Å². The number of halogens is 3. The van der Waals surface area contributed by atoms with Crippen LogP contribution in [0.1, 0.15) is 18.8 Å². The zero-order valence-corrected chi connectivity index (χ0v) is 9.65. The highest BCUT2D eigenvalue weighted by atomic mass is 19.2. The van der Waals surface area contributed by atoms with Gasteiger partial charge in [-0.05, 0) is 36.5 Å². The summed E-state index contributed by atoms with van der Waals surface area (Å²) in [7, 11) is 1.67. The molecule has 0 amide bonds. The molecular weight excluding hydrogens is 247 g/mol. The van der Waals surface area contributed by atoms with E-state index in [1.165, 1.54) is 0 Å². The predicted molar refractivity (Wildman–Crippen MR) is 56.5 cm³/mol. The van der Waals surface area contributed by atoms with Crippen molar-refractivity contribution in [1.82, 2.24) is 25.5 Å². The Balaban J connectivity index is 2.56. The molecule has 96 valence electrons. The van der Waals surface area contributed by atoms with E-state index in [9.17, 15) is 13.2 Å². The fourth-order valence-corrected chi connectivity index (χ4v) is 1.44. The Morgan fingerprint density at radius 3 is 2.61 bits per heavy atom. The number of nitrogens with zero attached hydrogens (tertiary/aromatic N) is 4. The molecule has 0 aliphatic heterocycles. The number of nitrogens with one attached hydrogen (secondary N) is 1. The summed E-state index contributed by atoms with van der Waals surface area (Å²) in [6.07, 6.45) is 0. The van der Waals surface area contributed by atoms with Crippen LogP contribution in [0.5, 0.6) is 0 Å². The van der Waals surface area contributed by atoms with Crippen molar-refractivity contribution in [2.75, 3.05) is 7.05 Å². The van der Waals surface area contributed by atoms with Gasteiger partial charge in [0.05, 0.1) is 6.04 Å². The molecule has 0 radical (unpaired) electrons. The summed E-state index contributed by atoms with van der Waals surface area (Å²) in [5, 5.41) is 13.6. The summed E-state index contributed by atoms with van der Waals surface area (Å²) in [5.41, 5.74) is -0.240. The molecule has 0 saturated carbocycles. The van der Waals surface area contributed by atoms with Crippen LogP contribution < -0.4 is 5.32 Å². The molecule has 1 unspecified atom stereocenters. The average molecular weight is 257 g/mol. The fraction of sp³-hybridized carbons (Fsp3) is 0.300. The van der Waals surface area contributed by atoms with Crippen molar-refractivity contribution >= 4 is 0 Å². The maximum Gasteiger partial charge on any atom is 0.196 e. The Kier molecular flexibility index (Phi) is 3.28. The van der Waals surface area contributed by atoms with Gasteiger partial charge >= 0.3 is 0 Å². The molecule has 2 aromatic rings. The molecule has 2 rings (SSSR count). The molecule has 5 nitrogen and oxygen atoms in total.